The lowest BCUT2D eigenvalue weighted by atomic mass is 9.97. The summed E-state index contributed by atoms with van der Waals surface area (Å²) in [5, 5.41) is 5.18. The maximum atomic E-state index is 12.3. The van der Waals surface area contributed by atoms with Gasteiger partial charge in [0.1, 0.15) is 5.60 Å². The SMILES string of the molecule is COC(=O)C1=C(Nc2ccc3c(ccn3CC3CCN(C(=O)OC(C)(C)C)CC3)c2)CCC(Cl)=C1. The molecule has 1 aromatic carbocycles. The fourth-order valence-corrected chi connectivity index (χ4v) is 4.83. The Labute approximate surface area is 211 Å². The highest BCUT2D eigenvalue weighted by Gasteiger charge is 2.27. The first-order valence-corrected chi connectivity index (χ1v) is 12.5. The molecule has 0 radical (unpaired) electrons. The third-order valence-corrected chi connectivity index (χ3v) is 6.73. The van der Waals surface area contributed by atoms with Gasteiger partial charge in [-0.2, -0.15) is 0 Å². The van der Waals surface area contributed by atoms with Crippen molar-refractivity contribution < 1.29 is 19.1 Å². The number of rotatable bonds is 5. The number of ether oxygens (including phenoxy) is 2. The van der Waals surface area contributed by atoms with Crippen molar-refractivity contribution in [3.05, 3.63) is 52.8 Å². The molecular weight excluding hydrogens is 466 g/mol. The van der Waals surface area contributed by atoms with Gasteiger partial charge < -0.3 is 24.3 Å². The highest BCUT2D eigenvalue weighted by molar-refractivity contribution is 6.30. The molecule has 1 saturated heterocycles. The average Bonchev–Trinajstić information content (AvgIpc) is 3.21. The molecule has 0 atom stereocenters. The summed E-state index contributed by atoms with van der Waals surface area (Å²) in [4.78, 5) is 26.3. The number of allylic oxidation sites excluding steroid dienone is 2. The predicted octanol–water partition coefficient (Wildman–Crippen LogP) is 6.04. The number of aromatic nitrogens is 1. The molecule has 35 heavy (non-hydrogen) atoms. The minimum atomic E-state index is -0.468. The van der Waals surface area contributed by atoms with Crippen molar-refractivity contribution in [3.63, 3.8) is 0 Å². The number of anilines is 1. The van der Waals surface area contributed by atoms with Crippen molar-refractivity contribution in [3.8, 4) is 0 Å². The standard InChI is InChI=1S/C27H34ClN3O4/c1-27(2,3)35-26(33)30-12-9-18(10-13-30)17-31-14-11-19-15-21(6-8-24(19)31)29-23-7-5-20(28)16-22(23)25(32)34-4/h6,8,11,14-16,18,29H,5,7,9-10,12-13,17H2,1-4H3. The molecule has 8 heteroatoms. The Balaban J connectivity index is 1.41. The van der Waals surface area contributed by atoms with Crippen LogP contribution in [0.3, 0.4) is 0 Å². The molecule has 7 nitrogen and oxygen atoms in total. The molecule has 2 heterocycles. The molecule has 2 aromatic rings. The smallest absolute Gasteiger partial charge is 0.410 e. The quantitative estimate of drug-likeness (QED) is 0.507. The topological polar surface area (TPSA) is 72.8 Å². The van der Waals surface area contributed by atoms with Gasteiger partial charge in [-0.05, 0) is 82.7 Å². The number of fused-ring (bicyclic) bond motifs is 1. The number of hydrogen-bond donors (Lipinski definition) is 1. The van der Waals surface area contributed by atoms with Crippen LogP contribution in [0.25, 0.3) is 10.9 Å². The lowest BCUT2D eigenvalue weighted by molar-refractivity contribution is -0.135. The molecule has 1 N–H and O–H groups in total. The van der Waals surface area contributed by atoms with Crippen LogP contribution >= 0.6 is 11.6 Å². The minimum Gasteiger partial charge on any atom is -0.465 e. The second kappa shape index (κ2) is 10.4. The number of methoxy groups -OCH3 is 1. The molecule has 1 fully saturated rings. The van der Waals surface area contributed by atoms with Crippen LogP contribution in [-0.2, 0) is 20.8 Å². The number of carbonyl (C=O) groups is 2. The zero-order chi connectivity index (χ0) is 25.2. The first-order valence-electron chi connectivity index (χ1n) is 12.1. The van der Waals surface area contributed by atoms with Crippen LogP contribution in [0.5, 0.6) is 0 Å². The molecule has 1 aliphatic carbocycles. The van der Waals surface area contributed by atoms with E-state index in [1.807, 2.05) is 31.7 Å². The summed E-state index contributed by atoms with van der Waals surface area (Å²) in [6.07, 6.45) is 6.84. The number of benzene rings is 1. The number of amides is 1. The van der Waals surface area contributed by atoms with Crippen LogP contribution in [0.1, 0.15) is 46.5 Å². The number of hydrogen-bond acceptors (Lipinski definition) is 5. The molecule has 0 saturated carbocycles. The van der Waals surface area contributed by atoms with E-state index in [1.54, 1.807) is 6.08 Å². The van der Waals surface area contributed by atoms with Gasteiger partial charge in [-0.15, -0.1) is 0 Å². The first kappa shape index (κ1) is 25.2. The summed E-state index contributed by atoms with van der Waals surface area (Å²) in [5.74, 6) is 0.115. The summed E-state index contributed by atoms with van der Waals surface area (Å²) in [7, 11) is 1.37. The third kappa shape index (κ3) is 6.20. The Kier molecular flexibility index (Phi) is 7.45. The Morgan fingerprint density at radius 2 is 1.89 bits per heavy atom. The van der Waals surface area contributed by atoms with Gasteiger partial charge in [0.15, 0.2) is 0 Å². The molecule has 0 unspecified atom stereocenters. The van der Waals surface area contributed by atoms with E-state index in [9.17, 15) is 9.59 Å². The van der Waals surface area contributed by atoms with Gasteiger partial charge in [0.05, 0.1) is 12.7 Å². The monoisotopic (exact) mass is 499 g/mol. The zero-order valence-electron chi connectivity index (χ0n) is 20.9. The zero-order valence-corrected chi connectivity index (χ0v) is 21.7. The molecule has 1 amide bonds. The van der Waals surface area contributed by atoms with Crippen molar-refractivity contribution >= 4 is 40.3 Å². The molecule has 4 rings (SSSR count). The van der Waals surface area contributed by atoms with Crippen LogP contribution < -0.4 is 5.32 Å². The van der Waals surface area contributed by atoms with E-state index in [4.69, 9.17) is 21.1 Å². The molecule has 1 aliphatic heterocycles. The third-order valence-electron chi connectivity index (χ3n) is 6.43. The van der Waals surface area contributed by atoms with E-state index in [2.05, 4.69) is 34.3 Å². The van der Waals surface area contributed by atoms with Gasteiger partial charge in [-0.25, -0.2) is 9.59 Å². The number of nitrogens with one attached hydrogen (secondary N) is 1. The highest BCUT2D eigenvalue weighted by Crippen LogP contribution is 2.30. The van der Waals surface area contributed by atoms with E-state index >= 15 is 0 Å². The van der Waals surface area contributed by atoms with Crippen molar-refractivity contribution in [2.24, 2.45) is 5.92 Å². The lowest BCUT2D eigenvalue weighted by Gasteiger charge is -2.33. The predicted molar refractivity (Wildman–Crippen MR) is 138 cm³/mol. The number of nitrogens with zero attached hydrogens (tertiary/aromatic N) is 2. The molecule has 1 aromatic heterocycles. The number of halogens is 1. The number of esters is 1. The average molecular weight is 500 g/mol. The summed E-state index contributed by atoms with van der Waals surface area (Å²) in [5.41, 5.74) is 2.91. The maximum absolute atomic E-state index is 12.3. The van der Waals surface area contributed by atoms with E-state index in [-0.39, 0.29) is 6.09 Å². The Morgan fingerprint density at radius 3 is 2.57 bits per heavy atom. The first-order chi connectivity index (χ1) is 16.6. The molecular formula is C27H34ClN3O4. The van der Waals surface area contributed by atoms with Crippen molar-refractivity contribution in [1.82, 2.24) is 9.47 Å². The van der Waals surface area contributed by atoms with Crippen molar-refractivity contribution in [1.29, 1.82) is 0 Å². The summed E-state index contributed by atoms with van der Waals surface area (Å²) < 4.78 is 12.7. The number of carbonyl (C=O) groups excluding carboxylic acids is 2. The van der Waals surface area contributed by atoms with Crippen LogP contribution in [0.2, 0.25) is 0 Å². The van der Waals surface area contributed by atoms with Crippen LogP contribution in [0.4, 0.5) is 10.5 Å². The maximum Gasteiger partial charge on any atom is 0.410 e. The van der Waals surface area contributed by atoms with Gasteiger partial charge in [0, 0.05) is 53.2 Å². The van der Waals surface area contributed by atoms with Crippen molar-refractivity contribution in [2.75, 3.05) is 25.5 Å². The lowest BCUT2D eigenvalue weighted by Crippen LogP contribution is -2.42. The van der Waals surface area contributed by atoms with Gasteiger partial charge in [0.2, 0.25) is 0 Å². The molecule has 188 valence electrons. The van der Waals surface area contributed by atoms with Crippen LogP contribution in [0.15, 0.2) is 52.8 Å². The van der Waals surface area contributed by atoms with E-state index in [1.165, 1.54) is 12.6 Å². The van der Waals surface area contributed by atoms with E-state index in [0.29, 0.717) is 29.4 Å². The molecule has 0 spiro atoms. The van der Waals surface area contributed by atoms with Crippen LogP contribution in [-0.4, -0.2) is 47.3 Å². The van der Waals surface area contributed by atoms with Crippen molar-refractivity contribution in [2.45, 2.75) is 58.6 Å². The Bertz CT molecular complexity index is 1170. The summed E-state index contributed by atoms with van der Waals surface area (Å²) in [6, 6.07) is 8.35. The molecule has 2 aliphatic rings. The largest absolute Gasteiger partial charge is 0.465 e. The van der Waals surface area contributed by atoms with Gasteiger partial charge in [-0.1, -0.05) is 11.6 Å². The summed E-state index contributed by atoms with van der Waals surface area (Å²) in [6.45, 7) is 8.05. The second-order valence-electron chi connectivity index (χ2n) is 10.3. The van der Waals surface area contributed by atoms with Crippen LogP contribution in [0, 0.1) is 5.92 Å². The second-order valence-corrected chi connectivity index (χ2v) is 10.7. The van der Waals surface area contributed by atoms with Gasteiger partial charge in [-0.3, -0.25) is 0 Å². The van der Waals surface area contributed by atoms with E-state index in [0.717, 1.165) is 49.2 Å². The highest BCUT2D eigenvalue weighted by atomic mass is 35.5. The van der Waals surface area contributed by atoms with Gasteiger partial charge >= 0.3 is 12.1 Å². The Hall–Kier alpha value is -2.93. The van der Waals surface area contributed by atoms with Gasteiger partial charge in [0.25, 0.3) is 0 Å². The van der Waals surface area contributed by atoms with E-state index < -0.39 is 11.6 Å². The normalized spacial score (nSPS) is 17.4. The minimum absolute atomic E-state index is 0.219. The fraction of sp³-hybridized carbons (Fsp3) is 0.481. The number of likely N-dealkylation sites (tertiary alicyclic amines) is 1. The molecule has 0 bridgehead atoms. The Morgan fingerprint density at radius 1 is 1.14 bits per heavy atom. The fourth-order valence-electron chi connectivity index (χ4n) is 4.63. The summed E-state index contributed by atoms with van der Waals surface area (Å²) >= 11 is 6.15. The number of piperidine rings is 1.